The lowest BCUT2D eigenvalue weighted by molar-refractivity contribution is -0.139. The molecule has 2 aromatic rings. The molecule has 30 heavy (non-hydrogen) atoms. The summed E-state index contributed by atoms with van der Waals surface area (Å²) >= 11 is 0. The van der Waals surface area contributed by atoms with Crippen molar-refractivity contribution in [3.05, 3.63) is 70.8 Å². The molecular formula is C25H29NO4. The van der Waals surface area contributed by atoms with E-state index in [1.54, 1.807) is 29.2 Å². The van der Waals surface area contributed by atoms with Crippen molar-refractivity contribution in [1.82, 2.24) is 4.90 Å². The highest BCUT2D eigenvalue weighted by molar-refractivity contribution is 6.46. The van der Waals surface area contributed by atoms with Crippen LogP contribution in [0.25, 0.3) is 5.76 Å². The van der Waals surface area contributed by atoms with Gasteiger partial charge in [0.1, 0.15) is 11.5 Å². The second-order valence-electron chi connectivity index (χ2n) is 7.95. The number of hydrogen-bond donors (Lipinski definition) is 1. The molecule has 1 heterocycles. The Bertz CT molecular complexity index is 959. The monoisotopic (exact) mass is 407 g/mol. The molecule has 0 bridgehead atoms. The molecule has 1 fully saturated rings. The van der Waals surface area contributed by atoms with Gasteiger partial charge in [-0.15, -0.1) is 0 Å². The van der Waals surface area contributed by atoms with Crippen LogP contribution in [0, 0.1) is 6.92 Å². The second-order valence-corrected chi connectivity index (χ2v) is 7.95. The molecule has 158 valence electrons. The van der Waals surface area contributed by atoms with Crippen LogP contribution in [0.1, 0.15) is 56.3 Å². The molecule has 0 aliphatic carbocycles. The summed E-state index contributed by atoms with van der Waals surface area (Å²) in [7, 11) is 0. The van der Waals surface area contributed by atoms with Crippen LogP contribution < -0.4 is 4.74 Å². The summed E-state index contributed by atoms with van der Waals surface area (Å²) in [5.74, 6) is -0.677. The number of carbonyl (C=O) groups excluding carboxylic acids is 2. The maximum absolute atomic E-state index is 12.9. The number of hydrogen-bond acceptors (Lipinski definition) is 4. The molecule has 1 saturated heterocycles. The van der Waals surface area contributed by atoms with Crippen LogP contribution in [-0.4, -0.2) is 34.3 Å². The van der Waals surface area contributed by atoms with Gasteiger partial charge in [-0.25, -0.2) is 0 Å². The Morgan fingerprint density at radius 3 is 2.43 bits per heavy atom. The third-order valence-corrected chi connectivity index (χ3v) is 5.15. The molecule has 1 amide bonds. The SMILES string of the molecule is CCCCN1C(=O)C(=O)/C(=C(\O)c2ccc(OC(C)C)cc2)C1c1cccc(C)c1. The van der Waals surface area contributed by atoms with Crippen LogP contribution >= 0.6 is 0 Å². The summed E-state index contributed by atoms with van der Waals surface area (Å²) in [4.78, 5) is 27.3. The van der Waals surface area contributed by atoms with Crippen LogP contribution in [0.4, 0.5) is 0 Å². The van der Waals surface area contributed by atoms with Gasteiger partial charge < -0.3 is 14.7 Å². The van der Waals surface area contributed by atoms with E-state index in [0.717, 1.165) is 24.0 Å². The predicted molar refractivity (Wildman–Crippen MR) is 117 cm³/mol. The quantitative estimate of drug-likeness (QED) is 0.398. The first kappa shape index (κ1) is 21.6. The van der Waals surface area contributed by atoms with Crippen LogP contribution in [0.3, 0.4) is 0 Å². The van der Waals surface area contributed by atoms with E-state index in [9.17, 15) is 14.7 Å². The molecule has 1 aliphatic heterocycles. The fraction of sp³-hybridized carbons (Fsp3) is 0.360. The zero-order valence-electron chi connectivity index (χ0n) is 18.0. The fourth-order valence-corrected chi connectivity index (χ4v) is 3.74. The molecule has 1 aliphatic rings. The number of aliphatic hydroxyl groups excluding tert-OH is 1. The van der Waals surface area contributed by atoms with Crippen molar-refractivity contribution in [3.63, 3.8) is 0 Å². The number of rotatable bonds is 7. The summed E-state index contributed by atoms with van der Waals surface area (Å²) < 4.78 is 5.65. The van der Waals surface area contributed by atoms with Gasteiger partial charge in [0.25, 0.3) is 11.7 Å². The molecule has 5 heteroatoms. The first-order chi connectivity index (χ1) is 14.3. The molecule has 0 aromatic heterocycles. The Kier molecular flexibility index (Phi) is 6.60. The second kappa shape index (κ2) is 9.16. The van der Waals surface area contributed by atoms with Gasteiger partial charge in [0.2, 0.25) is 0 Å². The molecule has 5 nitrogen and oxygen atoms in total. The topological polar surface area (TPSA) is 66.8 Å². The molecule has 1 N–H and O–H groups in total. The molecular weight excluding hydrogens is 378 g/mol. The molecule has 2 aromatic carbocycles. The van der Waals surface area contributed by atoms with Gasteiger partial charge in [0, 0.05) is 12.1 Å². The number of Topliss-reactive ketones (excluding diaryl/α,β-unsaturated/α-hetero) is 1. The number of likely N-dealkylation sites (tertiary alicyclic amines) is 1. The van der Waals surface area contributed by atoms with Crippen molar-refractivity contribution in [2.75, 3.05) is 6.54 Å². The van der Waals surface area contributed by atoms with Crippen molar-refractivity contribution in [3.8, 4) is 5.75 Å². The van der Waals surface area contributed by atoms with Crippen molar-refractivity contribution in [2.24, 2.45) is 0 Å². The smallest absolute Gasteiger partial charge is 0.295 e. The van der Waals surface area contributed by atoms with E-state index in [0.29, 0.717) is 17.9 Å². The van der Waals surface area contributed by atoms with Gasteiger partial charge in [0.05, 0.1) is 17.7 Å². The lowest BCUT2D eigenvalue weighted by atomic mass is 9.94. The predicted octanol–water partition coefficient (Wildman–Crippen LogP) is 5.00. The molecule has 0 radical (unpaired) electrons. The van der Waals surface area contributed by atoms with Crippen LogP contribution in [0.5, 0.6) is 5.75 Å². The van der Waals surface area contributed by atoms with E-state index in [-0.39, 0.29) is 17.4 Å². The summed E-state index contributed by atoms with van der Waals surface area (Å²) in [6.45, 7) is 8.35. The Morgan fingerprint density at radius 1 is 1.13 bits per heavy atom. The molecule has 3 rings (SSSR count). The van der Waals surface area contributed by atoms with Gasteiger partial charge >= 0.3 is 0 Å². The Hall–Kier alpha value is -3.08. The number of amides is 1. The van der Waals surface area contributed by atoms with Crippen molar-refractivity contribution >= 4 is 17.4 Å². The van der Waals surface area contributed by atoms with E-state index in [2.05, 4.69) is 0 Å². The number of aliphatic hydroxyl groups is 1. The summed E-state index contributed by atoms with van der Waals surface area (Å²) in [5.41, 5.74) is 2.48. The molecule has 0 spiro atoms. The average Bonchev–Trinajstić information content (AvgIpc) is 2.96. The highest BCUT2D eigenvalue weighted by Gasteiger charge is 2.45. The van der Waals surface area contributed by atoms with Gasteiger partial charge in [0.15, 0.2) is 0 Å². The normalized spacial score (nSPS) is 18.3. The number of ketones is 1. The zero-order chi connectivity index (χ0) is 21.8. The Morgan fingerprint density at radius 2 is 1.83 bits per heavy atom. The first-order valence-corrected chi connectivity index (χ1v) is 10.5. The molecule has 1 unspecified atom stereocenters. The lowest BCUT2D eigenvalue weighted by Gasteiger charge is -2.25. The maximum atomic E-state index is 12.9. The number of aryl methyl sites for hydroxylation is 1. The minimum absolute atomic E-state index is 0.0367. The van der Waals surface area contributed by atoms with Crippen LogP contribution in [-0.2, 0) is 9.59 Å². The highest BCUT2D eigenvalue weighted by Crippen LogP contribution is 2.39. The van der Waals surface area contributed by atoms with E-state index in [1.165, 1.54) is 0 Å². The van der Waals surface area contributed by atoms with Crippen molar-refractivity contribution in [2.45, 2.75) is 52.7 Å². The summed E-state index contributed by atoms with van der Waals surface area (Å²) in [6, 6.07) is 14.1. The maximum Gasteiger partial charge on any atom is 0.295 e. The van der Waals surface area contributed by atoms with E-state index in [1.807, 2.05) is 52.0 Å². The summed E-state index contributed by atoms with van der Waals surface area (Å²) in [5, 5.41) is 11.1. The van der Waals surface area contributed by atoms with E-state index < -0.39 is 17.7 Å². The number of nitrogens with zero attached hydrogens (tertiary/aromatic N) is 1. The Labute approximate surface area is 178 Å². The third-order valence-electron chi connectivity index (χ3n) is 5.15. The number of benzene rings is 2. The lowest BCUT2D eigenvalue weighted by Crippen LogP contribution is -2.30. The van der Waals surface area contributed by atoms with Crippen LogP contribution in [0.15, 0.2) is 54.1 Å². The molecule has 0 saturated carbocycles. The largest absolute Gasteiger partial charge is 0.507 e. The number of carbonyl (C=O) groups is 2. The average molecular weight is 408 g/mol. The summed E-state index contributed by atoms with van der Waals surface area (Å²) in [6.07, 6.45) is 1.73. The number of ether oxygens (including phenoxy) is 1. The standard InChI is InChI=1S/C25H29NO4/c1-5-6-14-26-22(19-9-7-8-17(4)15-19)21(24(28)25(26)29)23(27)18-10-12-20(13-11-18)30-16(2)3/h7-13,15-16,22,27H,5-6,14H2,1-4H3/b23-21-. The van der Waals surface area contributed by atoms with Crippen LogP contribution in [0.2, 0.25) is 0 Å². The Balaban J connectivity index is 2.08. The first-order valence-electron chi connectivity index (χ1n) is 10.5. The van der Waals surface area contributed by atoms with Gasteiger partial charge in [-0.1, -0.05) is 43.2 Å². The minimum atomic E-state index is -0.641. The molecule has 1 atom stereocenters. The van der Waals surface area contributed by atoms with Gasteiger partial charge in [-0.2, -0.15) is 0 Å². The van der Waals surface area contributed by atoms with Crippen molar-refractivity contribution in [1.29, 1.82) is 0 Å². The third kappa shape index (κ3) is 4.40. The van der Waals surface area contributed by atoms with Gasteiger partial charge in [-0.05, 0) is 57.0 Å². The van der Waals surface area contributed by atoms with Gasteiger partial charge in [-0.3, -0.25) is 9.59 Å². The highest BCUT2D eigenvalue weighted by atomic mass is 16.5. The van der Waals surface area contributed by atoms with E-state index >= 15 is 0 Å². The minimum Gasteiger partial charge on any atom is -0.507 e. The van der Waals surface area contributed by atoms with E-state index in [4.69, 9.17) is 4.74 Å². The fourth-order valence-electron chi connectivity index (χ4n) is 3.74. The zero-order valence-corrected chi connectivity index (χ0v) is 18.0. The van der Waals surface area contributed by atoms with Crippen molar-refractivity contribution < 1.29 is 19.4 Å². The number of unbranched alkanes of at least 4 members (excludes halogenated alkanes) is 1.